The van der Waals surface area contributed by atoms with Gasteiger partial charge in [0, 0.05) is 25.7 Å². The van der Waals surface area contributed by atoms with Crippen molar-refractivity contribution in [1.29, 1.82) is 0 Å². The maximum Gasteiger partial charge on any atom is 0.240 e. The van der Waals surface area contributed by atoms with E-state index in [0.717, 1.165) is 38.8 Å². The van der Waals surface area contributed by atoms with E-state index in [1.54, 1.807) is 0 Å². The van der Waals surface area contributed by atoms with E-state index >= 15 is 0 Å². The molecule has 0 bridgehead atoms. The lowest BCUT2D eigenvalue weighted by Gasteiger charge is -2.35. The number of benzene rings is 1. The van der Waals surface area contributed by atoms with Crippen LogP contribution in [0.2, 0.25) is 0 Å². The summed E-state index contributed by atoms with van der Waals surface area (Å²) in [7, 11) is 0. The van der Waals surface area contributed by atoms with Crippen LogP contribution in [-0.2, 0) is 17.8 Å². The van der Waals surface area contributed by atoms with Crippen LogP contribution in [0.25, 0.3) is 0 Å². The van der Waals surface area contributed by atoms with E-state index in [4.69, 9.17) is 5.73 Å². The number of nitrogens with one attached hydrogen (secondary N) is 1. The zero-order valence-corrected chi connectivity index (χ0v) is 15.2. The highest BCUT2D eigenvalue weighted by atomic mass is 35.5. The zero-order valence-electron chi connectivity index (χ0n) is 13.6. The Morgan fingerprint density at radius 3 is 2.57 bits per heavy atom. The third-order valence-electron chi connectivity index (χ3n) is 4.89. The number of carbonyl (C=O) groups is 1. The number of hydrogen-bond donors (Lipinski definition) is 2. The second kappa shape index (κ2) is 8.34. The van der Waals surface area contributed by atoms with Gasteiger partial charge in [-0.15, -0.1) is 24.8 Å². The van der Waals surface area contributed by atoms with Gasteiger partial charge in [0.15, 0.2) is 0 Å². The predicted octanol–water partition coefficient (Wildman–Crippen LogP) is 2.27. The lowest BCUT2D eigenvalue weighted by Crippen LogP contribution is -2.50. The van der Waals surface area contributed by atoms with Crippen molar-refractivity contribution in [3.05, 3.63) is 35.4 Å². The smallest absolute Gasteiger partial charge is 0.240 e. The van der Waals surface area contributed by atoms with Crippen molar-refractivity contribution in [2.45, 2.75) is 50.7 Å². The topological polar surface area (TPSA) is 58.4 Å². The molecule has 23 heavy (non-hydrogen) atoms. The normalized spacial score (nSPS) is 19.6. The van der Waals surface area contributed by atoms with Crippen molar-refractivity contribution >= 4 is 30.7 Å². The van der Waals surface area contributed by atoms with Gasteiger partial charge in [0.25, 0.3) is 0 Å². The Morgan fingerprint density at radius 2 is 1.96 bits per heavy atom. The summed E-state index contributed by atoms with van der Waals surface area (Å²) in [6.45, 7) is 4.95. The third kappa shape index (κ3) is 4.60. The van der Waals surface area contributed by atoms with E-state index in [0.29, 0.717) is 12.6 Å². The van der Waals surface area contributed by atoms with Crippen LogP contribution in [-0.4, -0.2) is 35.5 Å². The number of amides is 1. The number of halogens is 2. The zero-order chi connectivity index (χ0) is 14.9. The Labute approximate surface area is 151 Å². The minimum atomic E-state index is -0.563. The first-order valence-electron chi connectivity index (χ1n) is 8.00. The Kier molecular flexibility index (Phi) is 7.33. The van der Waals surface area contributed by atoms with Gasteiger partial charge >= 0.3 is 0 Å². The number of carbonyl (C=O) groups excluding carboxylic acids is 1. The fourth-order valence-corrected chi connectivity index (χ4v) is 3.11. The average Bonchev–Trinajstić information content (AvgIpc) is 3.26. The molecule has 1 fully saturated rings. The second-order valence-electron chi connectivity index (χ2n) is 6.42. The van der Waals surface area contributed by atoms with Crippen molar-refractivity contribution in [2.75, 3.05) is 13.1 Å². The van der Waals surface area contributed by atoms with Gasteiger partial charge in [-0.1, -0.05) is 31.2 Å². The van der Waals surface area contributed by atoms with Gasteiger partial charge < -0.3 is 11.1 Å². The first kappa shape index (κ1) is 20.2. The van der Waals surface area contributed by atoms with Gasteiger partial charge in [-0.05, 0) is 36.8 Å². The number of nitrogens with two attached hydrogens (primary N) is 1. The van der Waals surface area contributed by atoms with Crippen molar-refractivity contribution < 1.29 is 4.79 Å². The van der Waals surface area contributed by atoms with E-state index in [1.807, 2.05) is 0 Å². The van der Waals surface area contributed by atoms with Crippen molar-refractivity contribution in [2.24, 2.45) is 5.73 Å². The summed E-state index contributed by atoms with van der Waals surface area (Å²) in [4.78, 5) is 14.5. The largest absolute Gasteiger partial charge is 0.353 e. The molecule has 1 saturated carbocycles. The maximum atomic E-state index is 12.0. The first-order chi connectivity index (χ1) is 10.1. The molecule has 0 radical (unpaired) electrons. The molecule has 2 aliphatic rings. The molecule has 1 atom stereocenters. The Hall–Kier alpha value is -0.810. The monoisotopic (exact) mass is 359 g/mol. The van der Waals surface area contributed by atoms with Crippen LogP contribution in [0.1, 0.15) is 37.3 Å². The number of hydrogen-bond acceptors (Lipinski definition) is 3. The highest BCUT2D eigenvalue weighted by Crippen LogP contribution is 2.32. The predicted molar refractivity (Wildman–Crippen MR) is 98.3 cm³/mol. The minimum absolute atomic E-state index is 0. The molecule has 0 spiro atoms. The average molecular weight is 360 g/mol. The van der Waals surface area contributed by atoms with Gasteiger partial charge in [-0.3, -0.25) is 9.69 Å². The molecule has 3 rings (SSSR count). The molecule has 1 aromatic carbocycles. The van der Waals surface area contributed by atoms with Gasteiger partial charge in [0.1, 0.15) is 0 Å². The quantitative estimate of drug-likeness (QED) is 0.847. The van der Waals surface area contributed by atoms with E-state index in [-0.39, 0.29) is 30.7 Å². The Morgan fingerprint density at radius 1 is 1.30 bits per heavy atom. The molecule has 130 valence electrons. The molecule has 0 aromatic heterocycles. The molecule has 1 heterocycles. The summed E-state index contributed by atoms with van der Waals surface area (Å²) in [5.41, 5.74) is 8.26. The number of nitrogens with zero attached hydrogens (tertiary/aromatic N) is 1. The summed E-state index contributed by atoms with van der Waals surface area (Å²) in [6.07, 6.45) is 3.79. The highest BCUT2D eigenvalue weighted by molar-refractivity contribution is 5.89. The van der Waals surface area contributed by atoms with Crippen LogP contribution in [0, 0.1) is 0 Å². The summed E-state index contributed by atoms with van der Waals surface area (Å²) < 4.78 is 0. The highest BCUT2D eigenvalue weighted by Gasteiger charge is 2.45. The van der Waals surface area contributed by atoms with Crippen LogP contribution in [0.15, 0.2) is 24.3 Å². The van der Waals surface area contributed by atoms with Crippen molar-refractivity contribution in [3.8, 4) is 0 Å². The molecule has 1 unspecified atom stereocenters. The second-order valence-corrected chi connectivity index (χ2v) is 6.42. The Bertz CT molecular complexity index is 534. The minimum Gasteiger partial charge on any atom is -0.353 e. The van der Waals surface area contributed by atoms with Crippen LogP contribution in [0.3, 0.4) is 0 Å². The molecule has 4 nitrogen and oxygen atoms in total. The van der Waals surface area contributed by atoms with E-state index < -0.39 is 5.54 Å². The fraction of sp³-hybridized carbons (Fsp3) is 0.588. The van der Waals surface area contributed by atoms with Gasteiger partial charge in [0.05, 0.1) is 5.54 Å². The first-order valence-corrected chi connectivity index (χ1v) is 8.00. The lowest BCUT2D eigenvalue weighted by atomic mass is 9.98. The fourth-order valence-electron chi connectivity index (χ4n) is 3.11. The van der Waals surface area contributed by atoms with Gasteiger partial charge in [-0.25, -0.2) is 0 Å². The van der Waals surface area contributed by atoms with Gasteiger partial charge in [-0.2, -0.15) is 0 Å². The molecule has 1 aromatic rings. The SMILES string of the molecule is CCC(CNC(=O)C1(N)CC1)N1CCc2ccccc2C1.Cl.Cl. The molecule has 3 N–H and O–H groups in total. The van der Waals surface area contributed by atoms with Crippen LogP contribution < -0.4 is 11.1 Å². The molecule has 1 aliphatic heterocycles. The molecule has 1 amide bonds. The Balaban J connectivity index is 0.00000132. The molecule has 1 aliphatic carbocycles. The summed E-state index contributed by atoms with van der Waals surface area (Å²) in [5, 5.41) is 3.05. The summed E-state index contributed by atoms with van der Waals surface area (Å²) >= 11 is 0. The lowest BCUT2D eigenvalue weighted by molar-refractivity contribution is -0.123. The third-order valence-corrected chi connectivity index (χ3v) is 4.89. The number of fused-ring (bicyclic) bond motifs is 1. The molecular weight excluding hydrogens is 333 g/mol. The maximum absolute atomic E-state index is 12.0. The van der Waals surface area contributed by atoms with Crippen molar-refractivity contribution in [3.63, 3.8) is 0 Å². The van der Waals surface area contributed by atoms with Gasteiger partial charge in [0.2, 0.25) is 5.91 Å². The molecular formula is C17H27Cl2N3O. The van der Waals surface area contributed by atoms with Crippen LogP contribution >= 0.6 is 24.8 Å². The van der Waals surface area contributed by atoms with E-state index in [2.05, 4.69) is 41.4 Å². The summed E-state index contributed by atoms with van der Waals surface area (Å²) in [5.74, 6) is 0.0263. The van der Waals surface area contributed by atoms with Crippen LogP contribution in [0.4, 0.5) is 0 Å². The van der Waals surface area contributed by atoms with Crippen molar-refractivity contribution in [1.82, 2.24) is 10.2 Å². The molecule has 0 saturated heterocycles. The van der Waals surface area contributed by atoms with Crippen LogP contribution in [0.5, 0.6) is 0 Å². The summed E-state index contributed by atoms with van der Waals surface area (Å²) in [6, 6.07) is 9.05. The van der Waals surface area contributed by atoms with E-state index in [9.17, 15) is 4.79 Å². The number of rotatable bonds is 5. The standard InChI is InChI=1S/C17H25N3O.2ClH/c1-2-15(11-19-16(21)17(18)8-9-17)20-10-7-13-5-3-4-6-14(13)12-20;;/h3-6,15H,2,7-12,18H2,1H3,(H,19,21);2*1H. The van der Waals surface area contributed by atoms with E-state index in [1.165, 1.54) is 11.1 Å². The molecule has 6 heteroatoms.